The summed E-state index contributed by atoms with van der Waals surface area (Å²) < 4.78 is 37.1. The first-order chi connectivity index (χ1) is 17.6. The second-order valence-corrected chi connectivity index (χ2v) is 11.1. The number of aryl methyl sites for hydroxylation is 1. The Labute approximate surface area is 219 Å². The van der Waals surface area contributed by atoms with E-state index in [4.69, 9.17) is 9.47 Å². The Bertz CT molecular complexity index is 1180. The summed E-state index contributed by atoms with van der Waals surface area (Å²) in [5.74, 6) is 0.669. The summed E-state index contributed by atoms with van der Waals surface area (Å²) in [5, 5.41) is 2.91. The zero-order valence-electron chi connectivity index (χ0n) is 22.0. The van der Waals surface area contributed by atoms with Crippen LogP contribution in [0.5, 0.6) is 11.5 Å². The van der Waals surface area contributed by atoms with Crippen molar-refractivity contribution in [1.82, 2.24) is 10.2 Å². The van der Waals surface area contributed by atoms with Crippen molar-refractivity contribution in [3.8, 4) is 11.5 Å². The maximum absolute atomic E-state index is 13.5. The van der Waals surface area contributed by atoms with Crippen LogP contribution in [-0.4, -0.2) is 57.3 Å². The Hall–Kier alpha value is -3.27. The molecule has 2 amide bonds. The van der Waals surface area contributed by atoms with E-state index in [1.54, 1.807) is 23.1 Å². The second kappa shape index (κ2) is 12.8. The normalized spacial score (nSPS) is 13.2. The zero-order chi connectivity index (χ0) is 27.0. The van der Waals surface area contributed by atoms with Crippen LogP contribution in [-0.2, 0) is 26.2 Å². The van der Waals surface area contributed by atoms with Gasteiger partial charge >= 0.3 is 0 Å². The molecule has 37 heavy (non-hydrogen) atoms. The molecule has 0 aliphatic carbocycles. The van der Waals surface area contributed by atoms with E-state index in [-0.39, 0.29) is 38.0 Å². The lowest BCUT2D eigenvalue weighted by Gasteiger charge is -2.31. The quantitative estimate of drug-likeness (QED) is 0.423. The van der Waals surface area contributed by atoms with Crippen LogP contribution in [0.3, 0.4) is 0 Å². The molecule has 0 saturated carbocycles. The lowest BCUT2D eigenvalue weighted by Crippen LogP contribution is -2.49. The number of hydrogen-bond acceptors (Lipinski definition) is 6. The lowest BCUT2D eigenvalue weighted by atomic mass is 10.1. The van der Waals surface area contributed by atoms with E-state index in [1.165, 1.54) is 4.31 Å². The van der Waals surface area contributed by atoms with Gasteiger partial charge in [-0.05, 0) is 43.9 Å². The first-order valence-electron chi connectivity index (χ1n) is 12.6. The summed E-state index contributed by atoms with van der Waals surface area (Å²) >= 11 is 0. The minimum Gasteiger partial charge on any atom is -0.454 e. The molecule has 0 aromatic heterocycles. The van der Waals surface area contributed by atoms with Gasteiger partial charge in [0.1, 0.15) is 6.04 Å². The highest BCUT2D eigenvalue weighted by Crippen LogP contribution is 2.36. The van der Waals surface area contributed by atoms with Gasteiger partial charge < -0.3 is 19.7 Å². The van der Waals surface area contributed by atoms with Gasteiger partial charge in [0.2, 0.25) is 28.6 Å². The first-order valence-corrected chi connectivity index (χ1v) is 14.5. The van der Waals surface area contributed by atoms with Crippen molar-refractivity contribution >= 4 is 27.5 Å². The molecule has 1 heterocycles. The SMILES string of the molecule is CCCNC(=O)[C@H](CC)N(Cc1ccc(C)cc1)C(=O)CCCN(c1ccc2c(c1)OCO2)S(C)(=O)=O. The summed E-state index contributed by atoms with van der Waals surface area (Å²) in [6, 6.07) is 12.2. The maximum Gasteiger partial charge on any atom is 0.242 e. The number of carbonyl (C=O) groups excluding carboxylic acids is 2. The Morgan fingerprint density at radius 3 is 2.41 bits per heavy atom. The van der Waals surface area contributed by atoms with Crippen molar-refractivity contribution in [1.29, 1.82) is 0 Å². The Morgan fingerprint density at radius 1 is 1.05 bits per heavy atom. The lowest BCUT2D eigenvalue weighted by molar-refractivity contribution is -0.141. The van der Waals surface area contributed by atoms with E-state index in [9.17, 15) is 18.0 Å². The molecule has 10 heteroatoms. The van der Waals surface area contributed by atoms with Gasteiger partial charge in [-0.25, -0.2) is 8.42 Å². The van der Waals surface area contributed by atoms with Crippen LogP contribution in [0, 0.1) is 6.92 Å². The van der Waals surface area contributed by atoms with Crippen LogP contribution in [0.4, 0.5) is 5.69 Å². The average Bonchev–Trinajstić information content (AvgIpc) is 3.33. The van der Waals surface area contributed by atoms with Gasteiger partial charge in [0.25, 0.3) is 0 Å². The van der Waals surface area contributed by atoms with Crippen LogP contribution in [0.25, 0.3) is 0 Å². The van der Waals surface area contributed by atoms with Crippen molar-refractivity contribution in [2.75, 3.05) is 30.4 Å². The highest BCUT2D eigenvalue weighted by Gasteiger charge is 2.29. The van der Waals surface area contributed by atoms with Crippen molar-refractivity contribution < 1.29 is 27.5 Å². The van der Waals surface area contributed by atoms with Gasteiger partial charge in [-0.2, -0.15) is 0 Å². The number of sulfonamides is 1. The molecular weight excluding hydrogens is 494 g/mol. The third-order valence-electron chi connectivity index (χ3n) is 6.20. The molecule has 2 aromatic carbocycles. The van der Waals surface area contributed by atoms with Crippen LogP contribution >= 0.6 is 0 Å². The van der Waals surface area contributed by atoms with E-state index in [1.807, 2.05) is 45.0 Å². The van der Waals surface area contributed by atoms with Gasteiger partial charge in [-0.15, -0.1) is 0 Å². The predicted octanol–water partition coefficient (Wildman–Crippen LogP) is 3.60. The molecule has 0 fully saturated rings. The molecule has 1 aliphatic rings. The number of rotatable bonds is 13. The minimum absolute atomic E-state index is 0.0907. The van der Waals surface area contributed by atoms with E-state index >= 15 is 0 Å². The highest BCUT2D eigenvalue weighted by atomic mass is 32.2. The zero-order valence-corrected chi connectivity index (χ0v) is 22.8. The van der Waals surface area contributed by atoms with Crippen LogP contribution < -0.4 is 19.1 Å². The highest BCUT2D eigenvalue weighted by molar-refractivity contribution is 7.92. The van der Waals surface area contributed by atoms with Gasteiger partial charge in [0.05, 0.1) is 11.9 Å². The van der Waals surface area contributed by atoms with E-state index in [0.717, 1.165) is 23.8 Å². The number of hydrogen-bond donors (Lipinski definition) is 1. The number of fused-ring (bicyclic) bond motifs is 1. The van der Waals surface area contributed by atoms with Gasteiger partial charge in [-0.1, -0.05) is 43.7 Å². The predicted molar refractivity (Wildman–Crippen MR) is 143 cm³/mol. The molecule has 0 saturated heterocycles. The molecule has 1 atom stereocenters. The summed E-state index contributed by atoms with van der Waals surface area (Å²) in [5.41, 5.74) is 2.48. The largest absolute Gasteiger partial charge is 0.454 e. The molecule has 202 valence electrons. The third-order valence-corrected chi connectivity index (χ3v) is 7.40. The summed E-state index contributed by atoms with van der Waals surface area (Å²) in [4.78, 5) is 28.0. The Kier molecular flexibility index (Phi) is 9.79. The topological polar surface area (TPSA) is 105 Å². The van der Waals surface area contributed by atoms with Gasteiger partial charge in [0.15, 0.2) is 11.5 Å². The van der Waals surface area contributed by atoms with E-state index in [0.29, 0.717) is 36.7 Å². The Morgan fingerprint density at radius 2 is 1.76 bits per heavy atom. The number of nitrogens with zero attached hydrogens (tertiary/aromatic N) is 2. The maximum atomic E-state index is 13.5. The number of carbonyl (C=O) groups is 2. The number of benzene rings is 2. The van der Waals surface area contributed by atoms with Gasteiger partial charge in [0, 0.05) is 32.1 Å². The fraction of sp³-hybridized carbons (Fsp3) is 0.481. The Balaban J connectivity index is 1.74. The van der Waals surface area contributed by atoms with Crippen molar-refractivity contribution in [3.63, 3.8) is 0 Å². The summed E-state index contributed by atoms with van der Waals surface area (Å²) in [6.45, 7) is 6.90. The number of nitrogens with one attached hydrogen (secondary N) is 1. The van der Waals surface area contributed by atoms with Crippen molar-refractivity contribution in [2.24, 2.45) is 0 Å². The smallest absolute Gasteiger partial charge is 0.242 e. The standard InChI is InChI=1S/C27H37N3O6S/c1-5-15-28-27(32)23(6-2)29(18-21-11-9-20(3)10-12-21)26(31)8-7-16-30(37(4,33)34)22-13-14-24-25(17-22)36-19-35-24/h9-14,17,23H,5-8,15-16,18-19H2,1-4H3,(H,28,32)/t23-/m0/s1. The molecule has 1 aliphatic heterocycles. The monoisotopic (exact) mass is 531 g/mol. The van der Waals surface area contributed by atoms with Crippen molar-refractivity contribution in [2.45, 2.75) is 59.0 Å². The number of ether oxygens (including phenoxy) is 2. The van der Waals surface area contributed by atoms with E-state index < -0.39 is 16.1 Å². The van der Waals surface area contributed by atoms with Crippen LogP contribution in [0.15, 0.2) is 42.5 Å². The molecule has 2 aromatic rings. The van der Waals surface area contributed by atoms with Crippen molar-refractivity contribution in [3.05, 3.63) is 53.6 Å². The van der Waals surface area contributed by atoms with Crippen LogP contribution in [0.1, 0.15) is 50.7 Å². The fourth-order valence-corrected chi connectivity index (χ4v) is 5.18. The molecule has 3 rings (SSSR count). The second-order valence-electron chi connectivity index (χ2n) is 9.20. The van der Waals surface area contributed by atoms with E-state index in [2.05, 4.69) is 5.32 Å². The fourth-order valence-electron chi connectivity index (χ4n) is 4.22. The molecule has 9 nitrogen and oxygen atoms in total. The molecule has 0 radical (unpaired) electrons. The minimum atomic E-state index is -3.60. The molecule has 0 unspecified atom stereocenters. The van der Waals surface area contributed by atoms with Gasteiger partial charge in [-0.3, -0.25) is 13.9 Å². The third kappa shape index (κ3) is 7.61. The van der Waals surface area contributed by atoms with Crippen LogP contribution in [0.2, 0.25) is 0 Å². The number of anilines is 1. The molecule has 1 N–H and O–H groups in total. The molecule has 0 spiro atoms. The summed E-state index contributed by atoms with van der Waals surface area (Å²) in [7, 11) is -3.60. The molecule has 0 bridgehead atoms. The first kappa shape index (κ1) is 28.3. The molecular formula is C27H37N3O6S. The average molecular weight is 532 g/mol. The summed E-state index contributed by atoms with van der Waals surface area (Å²) in [6.07, 6.45) is 2.79. The number of amides is 2.